The third-order valence-electron chi connectivity index (χ3n) is 2.12. The highest BCUT2D eigenvalue weighted by Gasteiger charge is 2.02. The van der Waals surface area contributed by atoms with Crippen molar-refractivity contribution in [1.82, 2.24) is 10.3 Å². The van der Waals surface area contributed by atoms with Crippen LogP contribution < -0.4 is 5.32 Å². The molecule has 1 unspecified atom stereocenters. The third-order valence-corrected chi connectivity index (χ3v) is 2.12. The minimum Gasteiger partial charge on any atom is -0.394 e. The van der Waals surface area contributed by atoms with E-state index in [4.69, 9.17) is 9.84 Å². The molecule has 0 aromatic carbocycles. The lowest BCUT2D eigenvalue weighted by atomic mass is 10.1. The van der Waals surface area contributed by atoms with E-state index in [0.29, 0.717) is 13.2 Å². The van der Waals surface area contributed by atoms with Crippen molar-refractivity contribution in [2.45, 2.75) is 13.0 Å². The molecular formula is C11H18N2O2. The van der Waals surface area contributed by atoms with Crippen LogP contribution in [0.3, 0.4) is 0 Å². The Kier molecular flexibility index (Phi) is 5.92. The second-order valence-electron chi connectivity index (χ2n) is 3.30. The van der Waals surface area contributed by atoms with Gasteiger partial charge >= 0.3 is 0 Å². The van der Waals surface area contributed by atoms with Crippen LogP contribution in [0.5, 0.6) is 0 Å². The Morgan fingerprint density at radius 1 is 1.53 bits per heavy atom. The molecule has 84 valence electrons. The maximum atomic E-state index is 8.50. The van der Waals surface area contributed by atoms with Crippen LogP contribution in [0.2, 0.25) is 0 Å². The van der Waals surface area contributed by atoms with Crippen LogP contribution in [0, 0.1) is 0 Å². The molecule has 1 rings (SSSR count). The molecule has 1 aromatic heterocycles. The largest absolute Gasteiger partial charge is 0.394 e. The van der Waals surface area contributed by atoms with Crippen molar-refractivity contribution < 1.29 is 9.84 Å². The Bertz CT molecular complexity index is 254. The van der Waals surface area contributed by atoms with Gasteiger partial charge in [-0.25, -0.2) is 0 Å². The van der Waals surface area contributed by atoms with Gasteiger partial charge in [0.05, 0.1) is 19.8 Å². The maximum absolute atomic E-state index is 8.50. The maximum Gasteiger partial charge on any atom is 0.0698 e. The van der Waals surface area contributed by atoms with Gasteiger partial charge in [-0.2, -0.15) is 0 Å². The predicted molar refractivity (Wildman–Crippen MR) is 58.6 cm³/mol. The number of ether oxygens (including phenoxy) is 1. The zero-order chi connectivity index (χ0) is 10.9. The minimum absolute atomic E-state index is 0.0815. The Morgan fingerprint density at radius 3 is 3.07 bits per heavy atom. The van der Waals surface area contributed by atoms with Gasteiger partial charge in [0.1, 0.15) is 0 Å². The summed E-state index contributed by atoms with van der Waals surface area (Å²) in [4.78, 5) is 4.06. The van der Waals surface area contributed by atoms with Gasteiger partial charge in [0.15, 0.2) is 0 Å². The Balaban J connectivity index is 2.16. The average molecular weight is 210 g/mol. The summed E-state index contributed by atoms with van der Waals surface area (Å²) in [5.74, 6) is 0. The molecule has 1 heterocycles. The zero-order valence-electron chi connectivity index (χ0n) is 9.02. The third kappa shape index (κ3) is 4.88. The second kappa shape index (κ2) is 7.34. The first kappa shape index (κ1) is 12.1. The molecule has 0 aliphatic heterocycles. The van der Waals surface area contributed by atoms with Gasteiger partial charge in [0.2, 0.25) is 0 Å². The molecule has 0 aliphatic carbocycles. The number of pyridine rings is 1. The molecule has 0 spiro atoms. The zero-order valence-corrected chi connectivity index (χ0v) is 9.02. The molecule has 0 fully saturated rings. The Hall–Kier alpha value is -0.970. The number of hydrogen-bond acceptors (Lipinski definition) is 4. The fourth-order valence-corrected chi connectivity index (χ4v) is 1.26. The second-order valence-corrected chi connectivity index (χ2v) is 3.30. The van der Waals surface area contributed by atoms with E-state index in [-0.39, 0.29) is 12.6 Å². The van der Waals surface area contributed by atoms with Crippen LogP contribution in [0.1, 0.15) is 18.5 Å². The number of nitrogens with zero attached hydrogens (tertiary/aromatic N) is 1. The first-order valence-corrected chi connectivity index (χ1v) is 5.16. The molecule has 0 amide bonds. The van der Waals surface area contributed by atoms with Crippen molar-refractivity contribution in [2.24, 2.45) is 0 Å². The van der Waals surface area contributed by atoms with Gasteiger partial charge in [-0.05, 0) is 18.6 Å². The lowest BCUT2D eigenvalue weighted by Gasteiger charge is -2.13. The van der Waals surface area contributed by atoms with Crippen LogP contribution in [0.25, 0.3) is 0 Å². The SMILES string of the molecule is CC(NCCOCCO)c1cccnc1. The summed E-state index contributed by atoms with van der Waals surface area (Å²) in [6.07, 6.45) is 3.62. The number of aromatic nitrogens is 1. The van der Waals surface area contributed by atoms with E-state index in [1.54, 1.807) is 6.20 Å². The molecule has 4 nitrogen and oxygen atoms in total. The van der Waals surface area contributed by atoms with Gasteiger partial charge in [-0.1, -0.05) is 6.07 Å². The van der Waals surface area contributed by atoms with Gasteiger partial charge in [0.25, 0.3) is 0 Å². The molecule has 15 heavy (non-hydrogen) atoms. The van der Waals surface area contributed by atoms with Crippen LogP contribution in [0.4, 0.5) is 0 Å². The van der Waals surface area contributed by atoms with E-state index in [1.165, 1.54) is 5.56 Å². The van der Waals surface area contributed by atoms with Crippen molar-refractivity contribution in [3.63, 3.8) is 0 Å². The number of aliphatic hydroxyl groups excluding tert-OH is 1. The van der Waals surface area contributed by atoms with Crippen molar-refractivity contribution in [2.75, 3.05) is 26.4 Å². The number of aliphatic hydroxyl groups is 1. The van der Waals surface area contributed by atoms with Crippen molar-refractivity contribution in [3.05, 3.63) is 30.1 Å². The molecule has 0 saturated heterocycles. The Labute approximate surface area is 90.3 Å². The topological polar surface area (TPSA) is 54.4 Å². The number of hydrogen-bond donors (Lipinski definition) is 2. The van der Waals surface area contributed by atoms with Gasteiger partial charge < -0.3 is 15.2 Å². The van der Waals surface area contributed by atoms with Crippen LogP contribution >= 0.6 is 0 Å². The summed E-state index contributed by atoms with van der Waals surface area (Å²) in [6.45, 7) is 3.96. The normalized spacial score (nSPS) is 12.7. The van der Waals surface area contributed by atoms with Crippen molar-refractivity contribution >= 4 is 0 Å². The first-order chi connectivity index (χ1) is 7.34. The smallest absolute Gasteiger partial charge is 0.0698 e. The van der Waals surface area contributed by atoms with Crippen LogP contribution in [-0.4, -0.2) is 36.5 Å². The van der Waals surface area contributed by atoms with Gasteiger partial charge in [-0.3, -0.25) is 4.98 Å². The number of nitrogens with one attached hydrogen (secondary N) is 1. The quantitative estimate of drug-likeness (QED) is 0.652. The fraction of sp³-hybridized carbons (Fsp3) is 0.545. The predicted octanol–water partition coefficient (Wildman–Crippen LogP) is 0.741. The molecule has 2 N–H and O–H groups in total. The summed E-state index contributed by atoms with van der Waals surface area (Å²) >= 11 is 0. The lowest BCUT2D eigenvalue weighted by molar-refractivity contribution is 0.0928. The van der Waals surface area contributed by atoms with E-state index >= 15 is 0 Å². The first-order valence-electron chi connectivity index (χ1n) is 5.16. The van der Waals surface area contributed by atoms with E-state index in [1.807, 2.05) is 18.3 Å². The summed E-state index contributed by atoms with van der Waals surface area (Å²) in [7, 11) is 0. The minimum atomic E-state index is 0.0815. The molecule has 0 bridgehead atoms. The highest BCUT2D eigenvalue weighted by atomic mass is 16.5. The molecule has 0 aliphatic rings. The summed E-state index contributed by atoms with van der Waals surface area (Å²) < 4.78 is 5.14. The molecule has 1 aromatic rings. The molecule has 1 atom stereocenters. The summed E-state index contributed by atoms with van der Waals surface area (Å²) in [5.41, 5.74) is 1.17. The molecule has 0 saturated carbocycles. The Morgan fingerprint density at radius 2 is 2.40 bits per heavy atom. The van der Waals surface area contributed by atoms with E-state index in [2.05, 4.69) is 17.2 Å². The molecule has 0 radical (unpaired) electrons. The average Bonchev–Trinajstić information content (AvgIpc) is 2.30. The monoisotopic (exact) mass is 210 g/mol. The molecular weight excluding hydrogens is 192 g/mol. The van der Waals surface area contributed by atoms with E-state index < -0.39 is 0 Å². The van der Waals surface area contributed by atoms with Gasteiger partial charge in [-0.15, -0.1) is 0 Å². The standard InChI is InChI=1S/C11H18N2O2/c1-10(11-3-2-4-12-9-11)13-5-7-15-8-6-14/h2-4,9-10,13-14H,5-8H2,1H3. The summed E-state index contributed by atoms with van der Waals surface area (Å²) in [5, 5.41) is 11.8. The summed E-state index contributed by atoms with van der Waals surface area (Å²) in [6, 6.07) is 4.24. The van der Waals surface area contributed by atoms with Crippen LogP contribution in [0.15, 0.2) is 24.5 Å². The highest BCUT2D eigenvalue weighted by molar-refractivity contribution is 5.12. The fourth-order valence-electron chi connectivity index (χ4n) is 1.26. The van der Waals surface area contributed by atoms with E-state index in [9.17, 15) is 0 Å². The molecule has 4 heteroatoms. The number of rotatable bonds is 7. The van der Waals surface area contributed by atoms with Crippen molar-refractivity contribution in [1.29, 1.82) is 0 Å². The van der Waals surface area contributed by atoms with Crippen molar-refractivity contribution in [3.8, 4) is 0 Å². The van der Waals surface area contributed by atoms with Gasteiger partial charge in [0, 0.05) is 25.0 Å². The van der Waals surface area contributed by atoms with E-state index in [0.717, 1.165) is 6.54 Å². The lowest BCUT2D eigenvalue weighted by Crippen LogP contribution is -2.23. The van der Waals surface area contributed by atoms with Crippen LogP contribution in [-0.2, 0) is 4.74 Å². The highest BCUT2D eigenvalue weighted by Crippen LogP contribution is 2.08.